The van der Waals surface area contributed by atoms with Crippen LogP contribution in [0.3, 0.4) is 0 Å². The molecule has 0 spiro atoms. The Hall–Kier alpha value is -0.450. The number of aliphatic hydroxyl groups excluding tert-OH is 1. The quantitative estimate of drug-likeness (QED) is 0.878. The average molecular weight is 240 g/mol. The molecule has 1 aliphatic rings. The molecule has 4 heteroatoms. The van der Waals surface area contributed by atoms with Crippen LogP contribution in [0.1, 0.15) is 30.3 Å². The molecule has 3 nitrogen and oxygen atoms in total. The van der Waals surface area contributed by atoms with Gasteiger partial charge in [-0.15, -0.1) is 11.3 Å². The lowest BCUT2D eigenvalue weighted by molar-refractivity contribution is 0.0433. The van der Waals surface area contributed by atoms with Gasteiger partial charge in [0.25, 0.3) is 0 Å². The summed E-state index contributed by atoms with van der Waals surface area (Å²) in [7, 11) is 0. The van der Waals surface area contributed by atoms with Gasteiger partial charge in [-0.1, -0.05) is 6.92 Å². The molecule has 1 saturated heterocycles. The topological polar surface area (TPSA) is 36.4 Å². The van der Waals surface area contributed by atoms with Crippen LogP contribution in [0.2, 0.25) is 0 Å². The van der Waals surface area contributed by atoms with Crippen molar-refractivity contribution in [1.82, 2.24) is 9.88 Å². The number of rotatable bonds is 3. The molecule has 1 fully saturated rings. The fraction of sp³-hybridized carbons (Fsp3) is 0.750. The number of aliphatic hydroxyl groups is 1. The second-order valence-electron chi connectivity index (χ2n) is 5.14. The molecule has 0 aromatic carbocycles. The lowest BCUT2D eigenvalue weighted by Gasteiger charge is -2.39. The van der Waals surface area contributed by atoms with Crippen molar-refractivity contribution in [2.45, 2.75) is 33.2 Å². The van der Waals surface area contributed by atoms with Crippen molar-refractivity contribution in [3.05, 3.63) is 16.1 Å². The SMILES string of the molecule is Cc1ncsc1CN1CCCC(C)(CO)C1. The summed E-state index contributed by atoms with van der Waals surface area (Å²) in [5, 5.41) is 9.41. The van der Waals surface area contributed by atoms with Crippen molar-refractivity contribution >= 4 is 11.3 Å². The summed E-state index contributed by atoms with van der Waals surface area (Å²) >= 11 is 1.74. The summed E-state index contributed by atoms with van der Waals surface area (Å²) in [4.78, 5) is 8.09. The molecule has 1 aliphatic heterocycles. The molecule has 1 unspecified atom stereocenters. The summed E-state index contributed by atoms with van der Waals surface area (Å²) in [6.45, 7) is 7.69. The third-order valence-electron chi connectivity index (χ3n) is 3.45. The zero-order chi connectivity index (χ0) is 11.6. The molecule has 90 valence electrons. The molecule has 2 rings (SSSR count). The van der Waals surface area contributed by atoms with Gasteiger partial charge in [-0.3, -0.25) is 4.90 Å². The standard InChI is InChI=1S/C12H20N2OS/c1-10-11(16-9-13-10)6-14-5-3-4-12(2,7-14)8-15/h9,15H,3-8H2,1-2H3. The summed E-state index contributed by atoms with van der Waals surface area (Å²) < 4.78 is 0. The van der Waals surface area contributed by atoms with E-state index in [0.717, 1.165) is 31.7 Å². The molecule has 0 radical (unpaired) electrons. The normalized spacial score (nSPS) is 27.2. The van der Waals surface area contributed by atoms with Gasteiger partial charge in [-0.05, 0) is 26.3 Å². The molecule has 0 bridgehead atoms. The van der Waals surface area contributed by atoms with E-state index in [4.69, 9.17) is 0 Å². The smallest absolute Gasteiger partial charge is 0.0798 e. The monoisotopic (exact) mass is 240 g/mol. The summed E-state index contributed by atoms with van der Waals surface area (Å²) in [6, 6.07) is 0. The van der Waals surface area contributed by atoms with Gasteiger partial charge < -0.3 is 5.11 Å². The number of nitrogens with zero attached hydrogens (tertiary/aromatic N) is 2. The minimum Gasteiger partial charge on any atom is -0.396 e. The van der Waals surface area contributed by atoms with Crippen LogP contribution in [-0.4, -0.2) is 34.7 Å². The molecule has 1 aromatic rings. The number of thiazole rings is 1. The number of aryl methyl sites for hydroxylation is 1. The Bertz CT molecular complexity index is 353. The summed E-state index contributed by atoms with van der Waals surface area (Å²) in [5.41, 5.74) is 3.16. The van der Waals surface area contributed by atoms with Gasteiger partial charge in [-0.2, -0.15) is 0 Å². The highest BCUT2D eigenvalue weighted by atomic mass is 32.1. The van der Waals surface area contributed by atoms with Crippen LogP contribution >= 0.6 is 11.3 Å². The van der Waals surface area contributed by atoms with Gasteiger partial charge in [-0.25, -0.2) is 4.98 Å². The molecular weight excluding hydrogens is 220 g/mol. The van der Waals surface area contributed by atoms with Gasteiger partial charge in [0.2, 0.25) is 0 Å². The first kappa shape index (κ1) is 12.0. The molecular formula is C12H20N2OS. The number of hydrogen-bond acceptors (Lipinski definition) is 4. The predicted octanol–water partition coefficient (Wildman–Crippen LogP) is 2.05. The number of aromatic nitrogens is 1. The molecule has 0 saturated carbocycles. The van der Waals surface area contributed by atoms with Crippen LogP contribution in [0.5, 0.6) is 0 Å². The highest BCUT2D eigenvalue weighted by molar-refractivity contribution is 7.09. The van der Waals surface area contributed by atoms with Gasteiger partial charge in [0.1, 0.15) is 0 Å². The van der Waals surface area contributed by atoms with Crippen LogP contribution in [0.25, 0.3) is 0 Å². The average Bonchev–Trinajstić information content (AvgIpc) is 2.65. The zero-order valence-electron chi connectivity index (χ0n) is 10.1. The fourth-order valence-electron chi connectivity index (χ4n) is 2.37. The molecule has 2 heterocycles. The molecule has 1 N–H and O–H groups in total. The Morgan fingerprint density at radius 3 is 3.06 bits per heavy atom. The molecule has 1 atom stereocenters. The van der Waals surface area contributed by atoms with Gasteiger partial charge in [0, 0.05) is 30.0 Å². The maximum atomic E-state index is 9.41. The van der Waals surface area contributed by atoms with Crippen molar-refractivity contribution in [3.63, 3.8) is 0 Å². The van der Waals surface area contributed by atoms with Crippen LogP contribution in [0, 0.1) is 12.3 Å². The second-order valence-corrected chi connectivity index (χ2v) is 6.08. The Kier molecular flexibility index (Phi) is 3.62. The van der Waals surface area contributed by atoms with Crippen LogP contribution in [0.4, 0.5) is 0 Å². The Balaban J connectivity index is 1.98. The Morgan fingerprint density at radius 1 is 1.62 bits per heavy atom. The third kappa shape index (κ3) is 2.62. The minimum atomic E-state index is 0.0941. The largest absolute Gasteiger partial charge is 0.396 e. The molecule has 16 heavy (non-hydrogen) atoms. The third-order valence-corrected chi connectivity index (χ3v) is 4.37. The maximum absolute atomic E-state index is 9.41. The molecule has 0 aliphatic carbocycles. The zero-order valence-corrected chi connectivity index (χ0v) is 10.9. The minimum absolute atomic E-state index is 0.0941. The molecule has 1 aromatic heterocycles. The Morgan fingerprint density at radius 2 is 2.44 bits per heavy atom. The van der Waals surface area contributed by atoms with Crippen molar-refractivity contribution in [1.29, 1.82) is 0 Å². The van der Waals surface area contributed by atoms with Crippen molar-refractivity contribution < 1.29 is 5.11 Å². The first-order valence-corrected chi connectivity index (χ1v) is 6.73. The van der Waals surface area contributed by atoms with E-state index in [9.17, 15) is 5.11 Å². The fourth-order valence-corrected chi connectivity index (χ4v) is 3.19. The summed E-state index contributed by atoms with van der Waals surface area (Å²) in [6.07, 6.45) is 2.33. The van der Waals surface area contributed by atoms with E-state index in [1.165, 1.54) is 11.3 Å². The van der Waals surface area contributed by atoms with E-state index < -0.39 is 0 Å². The van der Waals surface area contributed by atoms with Crippen LogP contribution in [-0.2, 0) is 6.54 Å². The highest BCUT2D eigenvalue weighted by Gasteiger charge is 2.30. The van der Waals surface area contributed by atoms with Crippen molar-refractivity contribution in [2.24, 2.45) is 5.41 Å². The van der Waals surface area contributed by atoms with Crippen molar-refractivity contribution in [3.8, 4) is 0 Å². The maximum Gasteiger partial charge on any atom is 0.0798 e. The molecule has 0 amide bonds. The number of hydrogen-bond donors (Lipinski definition) is 1. The van der Waals surface area contributed by atoms with E-state index in [2.05, 4.69) is 23.7 Å². The summed E-state index contributed by atoms with van der Waals surface area (Å²) in [5.74, 6) is 0. The lowest BCUT2D eigenvalue weighted by atomic mass is 9.83. The van der Waals surface area contributed by atoms with Gasteiger partial charge in [0.15, 0.2) is 0 Å². The van der Waals surface area contributed by atoms with E-state index >= 15 is 0 Å². The first-order chi connectivity index (χ1) is 7.63. The van der Waals surface area contributed by atoms with E-state index in [0.29, 0.717) is 6.61 Å². The predicted molar refractivity (Wildman–Crippen MR) is 66.6 cm³/mol. The van der Waals surface area contributed by atoms with Crippen LogP contribution in [0.15, 0.2) is 5.51 Å². The van der Waals surface area contributed by atoms with E-state index in [1.54, 1.807) is 11.3 Å². The number of likely N-dealkylation sites (tertiary alicyclic amines) is 1. The van der Waals surface area contributed by atoms with Crippen LogP contribution < -0.4 is 0 Å². The van der Waals surface area contributed by atoms with Gasteiger partial charge >= 0.3 is 0 Å². The number of piperidine rings is 1. The highest BCUT2D eigenvalue weighted by Crippen LogP contribution is 2.30. The van der Waals surface area contributed by atoms with Gasteiger partial charge in [0.05, 0.1) is 11.2 Å². The Labute approximate surface area is 101 Å². The first-order valence-electron chi connectivity index (χ1n) is 5.85. The van der Waals surface area contributed by atoms with E-state index in [-0.39, 0.29) is 5.41 Å². The second kappa shape index (κ2) is 4.82. The van der Waals surface area contributed by atoms with E-state index in [1.807, 2.05) is 5.51 Å². The lowest BCUT2D eigenvalue weighted by Crippen LogP contribution is -2.43. The van der Waals surface area contributed by atoms with Crippen molar-refractivity contribution in [2.75, 3.05) is 19.7 Å².